The second-order valence-electron chi connectivity index (χ2n) is 6.45. The van der Waals surface area contributed by atoms with Crippen LogP contribution in [0, 0.1) is 17.2 Å². The number of rotatable bonds is 9. The van der Waals surface area contributed by atoms with Crippen molar-refractivity contribution in [2.24, 2.45) is 11.7 Å². The Kier molecular flexibility index (Phi) is 7.90. The molecule has 0 saturated carbocycles. The highest BCUT2D eigenvalue weighted by atomic mass is 16.5. The van der Waals surface area contributed by atoms with E-state index in [1.54, 1.807) is 30.3 Å². The smallest absolute Gasteiger partial charge is 0.338 e. The quantitative estimate of drug-likeness (QED) is 0.312. The lowest BCUT2D eigenvalue weighted by Gasteiger charge is -2.26. The molecule has 1 aromatic carbocycles. The Morgan fingerprint density at radius 1 is 1.44 bits per heavy atom. The Labute approximate surface area is 150 Å². The number of nitrogens with zero attached hydrogens (tertiary/aromatic N) is 1. The summed E-state index contributed by atoms with van der Waals surface area (Å²) in [5.74, 6) is -0.145. The Bertz CT molecular complexity index is 655. The maximum absolute atomic E-state index is 11.8. The van der Waals surface area contributed by atoms with Crippen LogP contribution in [0.5, 0.6) is 0 Å². The second-order valence-corrected chi connectivity index (χ2v) is 6.45. The zero-order chi connectivity index (χ0) is 18.9. The normalized spacial score (nSPS) is 13.7. The summed E-state index contributed by atoms with van der Waals surface area (Å²) in [6.45, 7) is 10.6. The molecule has 1 unspecified atom stereocenters. The molecule has 25 heavy (non-hydrogen) atoms. The van der Waals surface area contributed by atoms with Gasteiger partial charge in [0.25, 0.3) is 0 Å². The number of carbonyl (C=O) groups excluding carboxylic acids is 1. The van der Waals surface area contributed by atoms with E-state index in [0.717, 1.165) is 0 Å². The van der Waals surface area contributed by atoms with Gasteiger partial charge in [-0.05, 0) is 37.5 Å². The van der Waals surface area contributed by atoms with Gasteiger partial charge in [-0.15, -0.1) is 0 Å². The first kappa shape index (κ1) is 20.5. The number of esters is 1. The van der Waals surface area contributed by atoms with Gasteiger partial charge in [0.15, 0.2) is 0 Å². The number of benzene rings is 1. The van der Waals surface area contributed by atoms with Gasteiger partial charge in [-0.3, -0.25) is 0 Å². The molecular formula is C20H27N3O2. The van der Waals surface area contributed by atoms with Crippen LogP contribution in [0.1, 0.15) is 37.6 Å². The number of hydrogen-bond donors (Lipinski definition) is 2. The predicted molar refractivity (Wildman–Crippen MR) is 99.6 cm³/mol. The highest BCUT2D eigenvalue weighted by Gasteiger charge is 2.21. The zero-order valence-electron chi connectivity index (χ0n) is 15.2. The highest BCUT2D eigenvalue weighted by molar-refractivity contribution is 5.89. The van der Waals surface area contributed by atoms with Crippen molar-refractivity contribution in [3.63, 3.8) is 0 Å². The molecule has 1 rings (SSSR count). The molecule has 3 N–H and O–H groups in total. The summed E-state index contributed by atoms with van der Waals surface area (Å²) in [6, 6.07) is 11.0. The number of nitrogens with one attached hydrogen (secondary N) is 1. The number of nitrogens with two attached hydrogens (primary N) is 1. The molecule has 0 spiro atoms. The van der Waals surface area contributed by atoms with Crippen molar-refractivity contribution in [1.29, 1.82) is 5.26 Å². The van der Waals surface area contributed by atoms with Crippen LogP contribution in [0.25, 0.3) is 0 Å². The van der Waals surface area contributed by atoms with Gasteiger partial charge >= 0.3 is 5.97 Å². The molecule has 0 radical (unpaired) electrons. The third-order valence-corrected chi connectivity index (χ3v) is 4.05. The average Bonchev–Trinajstić information content (AvgIpc) is 2.59. The largest absolute Gasteiger partial charge is 0.462 e. The molecule has 1 atom stereocenters. The van der Waals surface area contributed by atoms with Crippen LogP contribution in [0.2, 0.25) is 0 Å². The Balaban J connectivity index is 2.40. The van der Waals surface area contributed by atoms with E-state index < -0.39 is 5.54 Å². The summed E-state index contributed by atoms with van der Waals surface area (Å²) in [7, 11) is 0. The SMILES string of the molecule is C=C(NCCCOC(=O)c1ccccc1)/C(C#N)=C\C(C)(N)C(C)C. The van der Waals surface area contributed by atoms with E-state index in [9.17, 15) is 10.1 Å². The van der Waals surface area contributed by atoms with Crippen LogP contribution in [0.4, 0.5) is 0 Å². The maximum Gasteiger partial charge on any atom is 0.338 e. The van der Waals surface area contributed by atoms with E-state index in [0.29, 0.717) is 36.4 Å². The average molecular weight is 341 g/mol. The lowest BCUT2D eigenvalue weighted by molar-refractivity contribution is 0.0501. The molecule has 0 heterocycles. The number of ether oxygens (including phenoxy) is 1. The van der Waals surface area contributed by atoms with E-state index in [2.05, 4.69) is 18.0 Å². The summed E-state index contributed by atoms with van der Waals surface area (Å²) < 4.78 is 5.20. The Morgan fingerprint density at radius 2 is 2.08 bits per heavy atom. The van der Waals surface area contributed by atoms with Crippen molar-refractivity contribution in [2.75, 3.05) is 13.2 Å². The van der Waals surface area contributed by atoms with Crippen molar-refractivity contribution in [3.05, 3.63) is 59.8 Å². The van der Waals surface area contributed by atoms with Crippen molar-refractivity contribution in [3.8, 4) is 6.07 Å². The lowest BCUT2D eigenvalue weighted by atomic mass is 9.87. The van der Waals surface area contributed by atoms with Gasteiger partial charge in [0, 0.05) is 17.8 Å². The minimum Gasteiger partial charge on any atom is -0.462 e. The summed E-state index contributed by atoms with van der Waals surface area (Å²) >= 11 is 0. The molecule has 0 amide bonds. The molecule has 0 aliphatic heterocycles. The maximum atomic E-state index is 11.8. The van der Waals surface area contributed by atoms with E-state index in [1.807, 2.05) is 26.8 Å². The summed E-state index contributed by atoms with van der Waals surface area (Å²) in [4.78, 5) is 11.8. The van der Waals surface area contributed by atoms with E-state index in [-0.39, 0.29) is 11.9 Å². The van der Waals surface area contributed by atoms with Gasteiger partial charge in [-0.25, -0.2) is 4.79 Å². The molecule has 0 aliphatic rings. The third-order valence-electron chi connectivity index (χ3n) is 4.05. The van der Waals surface area contributed by atoms with Crippen molar-refractivity contribution >= 4 is 5.97 Å². The monoisotopic (exact) mass is 341 g/mol. The van der Waals surface area contributed by atoms with Crippen LogP contribution < -0.4 is 11.1 Å². The third kappa shape index (κ3) is 6.82. The molecule has 0 aliphatic carbocycles. The number of carbonyl (C=O) groups is 1. The van der Waals surface area contributed by atoms with Crippen LogP contribution in [-0.2, 0) is 4.74 Å². The molecule has 0 bridgehead atoms. The zero-order valence-corrected chi connectivity index (χ0v) is 15.2. The first-order chi connectivity index (χ1) is 11.8. The number of hydrogen-bond acceptors (Lipinski definition) is 5. The molecule has 134 valence electrons. The summed E-state index contributed by atoms with van der Waals surface area (Å²) in [6.07, 6.45) is 2.35. The first-order valence-electron chi connectivity index (χ1n) is 8.35. The van der Waals surface area contributed by atoms with E-state index in [1.165, 1.54) is 0 Å². The molecular weight excluding hydrogens is 314 g/mol. The number of allylic oxidation sites excluding steroid dienone is 1. The van der Waals surface area contributed by atoms with Gasteiger partial charge in [0.2, 0.25) is 0 Å². The minimum absolute atomic E-state index is 0.195. The van der Waals surface area contributed by atoms with Gasteiger partial charge in [-0.2, -0.15) is 5.26 Å². The molecule has 0 aromatic heterocycles. The minimum atomic E-state index is -0.582. The molecule has 0 saturated heterocycles. The fourth-order valence-corrected chi connectivity index (χ4v) is 1.89. The molecule has 5 nitrogen and oxygen atoms in total. The fraction of sp³-hybridized carbons (Fsp3) is 0.400. The van der Waals surface area contributed by atoms with E-state index >= 15 is 0 Å². The van der Waals surface area contributed by atoms with Crippen LogP contribution in [0.15, 0.2) is 54.3 Å². The summed E-state index contributed by atoms with van der Waals surface area (Å²) in [5.41, 5.74) is 7.09. The standard InChI is InChI=1S/C20H27N3O2/c1-15(2)20(4,22)13-18(14-21)16(3)23-11-8-12-25-19(24)17-9-6-5-7-10-17/h5-7,9-10,13,15,23H,3,8,11-12,22H2,1-2,4H3/b18-13-. The van der Waals surface area contributed by atoms with Gasteiger partial charge in [0.1, 0.15) is 6.07 Å². The topological polar surface area (TPSA) is 88.1 Å². The summed E-state index contributed by atoms with van der Waals surface area (Å²) in [5, 5.41) is 12.4. The number of nitriles is 1. The van der Waals surface area contributed by atoms with Crippen LogP contribution in [0.3, 0.4) is 0 Å². The van der Waals surface area contributed by atoms with Gasteiger partial charge in [-0.1, -0.05) is 38.6 Å². The van der Waals surface area contributed by atoms with Crippen molar-refractivity contribution in [2.45, 2.75) is 32.7 Å². The van der Waals surface area contributed by atoms with Crippen LogP contribution in [-0.4, -0.2) is 24.7 Å². The second kappa shape index (κ2) is 9.65. The van der Waals surface area contributed by atoms with Gasteiger partial charge in [0.05, 0.1) is 17.7 Å². The lowest BCUT2D eigenvalue weighted by Crippen LogP contribution is -2.40. The van der Waals surface area contributed by atoms with Crippen molar-refractivity contribution < 1.29 is 9.53 Å². The first-order valence-corrected chi connectivity index (χ1v) is 8.35. The molecule has 5 heteroatoms. The van der Waals surface area contributed by atoms with Crippen LogP contribution >= 0.6 is 0 Å². The fourth-order valence-electron chi connectivity index (χ4n) is 1.89. The molecule has 0 fully saturated rings. The van der Waals surface area contributed by atoms with Crippen molar-refractivity contribution in [1.82, 2.24) is 5.32 Å². The Hall–Kier alpha value is -2.58. The Morgan fingerprint density at radius 3 is 2.64 bits per heavy atom. The van der Waals surface area contributed by atoms with Gasteiger partial charge < -0.3 is 15.8 Å². The highest BCUT2D eigenvalue weighted by Crippen LogP contribution is 2.18. The molecule has 1 aromatic rings. The predicted octanol–water partition coefficient (Wildman–Crippen LogP) is 3.16. The van der Waals surface area contributed by atoms with E-state index in [4.69, 9.17) is 10.5 Å².